The molecule has 2 heterocycles. The van der Waals surface area contributed by atoms with E-state index in [9.17, 15) is 4.79 Å². The molecular weight excluding hydrogens is 511 g/mol. The highest BCUT2D eigenvalue weighted by atomic mass is 35.5. The average molecular weight is 546 g/mol. The average Bonchev–Trinajstić information content (AvgIpc) is 3.37. The van der Waals surface area contributed by atoms with E-state index in [1.165, 1.54) is 5.56 Å². The summed E-state index contributed by atoms with van der Waals surface area (Å²) in [6.07, 6.45) is 2.73. The van der Waals surface area contributed by atoms with Crippen LogP contribution >= 0.6 is 23.2 Å². The number of nitrogens with one attached hydrogen (secondary N) is 1. The summed E-state index contributed by atoms with van der Waals surface area (Å²) in [6, 6.07) is 19.0. The topological polar surface area (TPSA) is 66.9 Å². The molecule has 1 aliphatic heterocycles. The SMILES string of the molecule is CN(C)C1CCN(CCNC(=O)c2cccnc2Oc2ccc(Cl)cc2Cl)C1.COCc1ccccc1. The zero-order valence-corrected chi connectivity index (χ0v) is 23.0. The normalized spacial score (nSPS) is 15.2. The Balaban J connectivity index is 0.000000356. The molecule has 7 nitrogen and oxygen atoms in total. The van der Waals surface area contributed by atoms with Gasteiger partial charge in [0.2, 0.25) is 5.88 Å². The molecule has 3 aromatic rings. The molecule has 9 heteroatoms. The first-order valence-corrected chi connectivity index (χ1v) is 12.9. The first-order valence-electron chi connectivity index (χ1n) is 12.1. The number of carbonyl (C=O) groups excluding carboxylic acids is 1. The Morgan fingerprint density at radius 2 is 1.92 bits per heavy atom. The van der Waals surface area contributed by atoms with E-state index in [4.69, 9.17) is 32.7 Å². The second-order valence-electron chi connectivity index (χ2n) is 8.91. The van der Waals surface area contributed by atoms with Crippen LogP contribution in [0.3, 0.4) is 0 Å². The van der Waals surface area contributed by atoms with Crippen LogP contribution in [0.15, 0.2) is 66.9 Å². The van der Waals surface area contributed by atoms with Crippen molar-refractivity contribution in [3.05, 3.63) is 88.0 Å². The zero-order chi connectivity index (χ0) is 26.6. The second kappa shape index (κ2) is 14.9. The molecule has 2 aromatic carbocycles. The van der Waals surface area contributed by atoms with Crippen molar-refractivity contribution < 1.29 is 14.3 Å². The van der Waals surface area contributed by atoms with Gasteiger partial charge in [-0.1, -0.05) is 53.5 Å². The molecule has 0 aliphatic carbocycles. The van der Waals surface area contributed by atoms with Gasteiger partial charge >= 0.3 is 0 Å². The molecule has 198 valence electrons. The molecule has 0 bridgehead atoms. The molecule has 1 unspecified atom stereocenters. The molecule has 1 atom stereocenters. The van der Waals surface area contributed by atoms with Gasteiger partial charge in [-0.3, -0.25) is 9.69 Å². The van der Waals surface area contributed by atoms with Crippen molar-refractivity contribution in [2.24, 2.45) is 0 Å². The van der Waals surface area contributed by atoms with Crippen molar-refractivity contribution in [2.75, 3.05) is 47.4 Å². The Labute approximate surface area is 229 Å². The van der Waals surface area contributed by atoms with Crippen molar-refractivity contribution >= 4 is 29.1 Å². The number of ether oxygens (including phenoxy) is 2. The molecule has 0 saturated carbocycles. The monoisotopic (exact) mass is 544 g/mol. The second-order valence-corrected chi connectivity index (χ2v) is 9.76. The van der Waals surface area contributed by atoms with Crippen molar-refractivity contribution in [3.63, 3.8) is 0 Å². The van der Waals surface area contributed by atoms with Gasteiger partial charge < -0.3 is 19.7 Å². The lowest BCUT2D eigenvalue weighted by Crippen LogP contribution is -2.36. The molecule has 37 heavy (non-hydrogen) atoms. The fourth-order valence-corrected chi connectivity index (χ4v) is 4.35. The number of amides is 1. The number of benzene rings is 2. The standard InChI is InChI=1S/C20H24Cl2N4O2.C8H10O/c1-25(2)15-7-10-26(13-15)11-9-23-19(27)16-4-3-8-24-20(16)28-18-6-5-14(21)12-17(18)22;1-9-7-8-5-3-2-4-6-8/h3-6,8,12,15H,7,9-11,13H2,1-2H3,(H,23,27);2-6H,7H2,1H3. The predicted molar refractivity (Wildman–Crippen MR) is 149 cm³/mol. The maximum atomic E-state index is 12.6. The summed E-state index contributed by atoms with van der Waals surface area (Å²) < 4.78 is 10.7. The van der Waals surface area contributed by atoms with Crippen LogP contribution in [0.2, 0.25) is 10.0 Å². The Bertz CT molecular complexity index is 1130. The van der Waals surface area contributed by atoms with Gasteiger partial charge in [0.1, 0.15) is 11.3 Å². The highest BCUT2D eigenvalue weighted by Gasteiger charge is 2.23. The molecule has 0 radical (unpaired) electrons. The summed E-state index contributed by atoms with van der Waals surface area (Å²) in [5, 5.41) is 3.82. The lowest BCUT2D eigenvalue weighted by molar-refractivity contribution is 0.0946. The Morgan fingerprint density at radius 1 is 1.14 bits per heavy atom. The molecule has 1 N–H and O–H groups in total. The van der Waals surface area contributed by atoms with Crippen LogP contribution in [0.5, 0.6) is 11.6 Å². The summed E-state index contributed by atoms with van der Waals surface area (Å²) in [5.74, 6) is 0.375. The van der Waals surface area contributed by atoms with Crippen molar-refractivity contribution in [2.45, 2.75) is 19.1 Å². The first kappa shape index (κ1) is 28.9. The number of aromatic nitrogens is 1. The van der Waals surface area contributed by atoms with Crippen LogP contribution < -0.4 is 10.1 Å². The maximum Gasteiger partial charge on any atom is 0.256 e. The summed E-state index contributed by atoms with van der Waals surface area (Å²) >= 11 is 12.1. The number of methoxy groups -OCH3 is 1. The van der Waals surface area contributed by atoms with Gasteiger partial charge in [-0.25, -0.2) is 4.98 Å². The van der Waals surface area contributed by atoms with Gasteiger partial charge in [0.25, 0.3) is 5.91 Å². The number of likely N-dealkylation sites (tertiary alicyclic amines) is 1. The number of pyridine rings is 1. The number of hydrogen-bond donors (Lipinski definition) is 1. The number of carbonyl (C=O) groups is 1. The van der Waals surface area contributed by atoms with E-state index in [-0.39, 0.29) is 11.8 Å². The maximum absolute atomic E-state index is 12.6. The predicted octanol–water partition coefficient (Wildman–Crippen LogP) is 5.38. The van der Waals surface area contributed by atoms with Crippen LogP contribution in [0.1, 0.15) is 22.3 Å². The van der Waals surface area contributed by atoms with Crippen LogP contribution in [-0.4, -0.2) is 74.1 Å². The Morgan fingerprint density at radius 3 is 2.59 bits per heavy atom. The molecule has 1 saturated heterocycles. The van der Waals surface area contributed by atoms with E-state index >= 15 is 0 Å². The fourth-order valence-electron chi connectivity index (χ4n) is 3.91. The van der Waals surface area contributed by atoms with Crippen LogP contribution in [0.4, 0.5) is 0 Å². The molecule has 0 spiro atoms. The number of likely N-dealkylation sites (N-methyl/N-ethyl adjacent to an activating group) is 1. The van der Waals surface area contributed by atoms with Gasteiger partial charge in [0, 0.05) is 44.0 Å². The molecule has 1 amide bonds. The van der Waals surface area contributed by atoms with Crippen molar-refractivity contribution in [3.8, 4) is 11.6 Å². The minimum atomic E-state index is -0.225. The summed E-state index contributed by atoms with van der Waals surface area (Å²) in [4.78, 5) is 21.4. The number of halogens is 2. The molecule has 1 aliphatic rings. The number of rotatable bonds is 9. The quantitative estimate of drug-likeness (QED) is 0.390. The third-order valence-electron chi connectivity index (χ3n) is 5.96. The van der Waals surface area contributed by atoms with Crippen molar-refractivity contribution in [1.82, 2.24) is 20.1 Å². The smallest absolute Gasteiger partial charge is 0.256 e. The number of nitrogens with zero attached hydrogens (tertiary/aromatic N) is 3. The lowest BCUT2D eigenvalue weighted by Gasteiger charge is -2.20. The van der Waals surface area contributed by atoms with Crippen LogP contribution in [-0.2, 0) is 11.3 Å². The highest BCUT2D eigenvalue weighted by Crippen LogP contribution is 2.32. The van der Waals surface area contributed by atoms with Crippen LogP contribution in [0.25, 0.3) is 0 Å². The third kappa shape index (κ3) is 9.29. The van der Waals surface area contributed by atoms with E-state index in [1.807, 2.05) is 30.3 Å². The lowest BCUT2D eigenvalue weighted by atomic mass is 10.2. The molecule has 1 aromatic heterocycles. The van der Waals surface area contributed by atoms with Gasteiger partial charge in [-0.05, 0) is 63.0 Å². The van der Waals surface area contributed by atoms with Gasteiger partial charge in [0.05, 0.1) is 11.6 Å². The first-order chi connectivity index (χ1) is 17.9. The van der Waals surface area contributed by atoms with Gasteiger partial charge in [0.15, 0.2) is 0 Å². The fraction of sp³-hybridized carbons (Fsp3) is 0.357. The van der Waals surface area contributed by atoms with E-state index < -0.39 is 0 Å². The molecule has 1 fully saturated rings. The zero-order valence-electron chi connectivity index (χ0n) is 21.5. The minimum Gasteiger partial charge on any atom is -0.437 e. The van der Waals surface area contributed by atoms with Gasteiger partial charge in [-0.15, -0.1) is 0 Å². The Hall–Kier alpha value is -2.68. The van der Waals surface area contributed by atoms with E-state index in [0.717, 1.165) is 26.1 Å². The largest absolute Gasteiger partial charge is 0.437 e. The summed E-state index contributed by atoms with van der Waals surface area (Å²) in [5.41, 5.74) is 1.58. The highest BCUT2D eigenvalue weighted by molar-refractivity contribution is 6.35. The van der Waals surface area contributed by atoms with E-state index in [2.05, 4.69) is 34.2 Å². The third-order valence-corrected chi connectivity index (χ3v) is 6.49. The number of hydrogen-bond acceptors (Lipinski definition) is 6. The molecule has 4 rings (SSSR count). The Kier molecular flexibility index (Phi) is 11.6. The summed E-state index contributed by atoms with van der Waals surface area (Å²) in [6.45, 7) is 4.17. The van der Waals surface area contributed by atoms with Crippen molar-refractivity contribution in [1.29, 1.82) is 0 Å². The van der Waals surface area contributed by atoms with Gasteiger partial charge in [-0.2, -0.15) is 0 Å². The van der Waals surface area contributed by atoms with E-state index in [0.29, 0.717) is 40.6 Å². The van der Waals surface area contributed by atoms with Crippen LogP contribution in [0, 0.1) is 0 Å². The summed E-state index contributed by atoms with van der Waals surface area (Å²) in [7, 11) is 5.91. The van der Waals surface area contributed by atoms with E-state index in [1.54, 1.807) is 43.6 Å². The minimum absolute atomic E-state index is 0.207. The molecular formula is C28H34Cl2N4O3.